The SMILES string of the molecule is CC(C)=C1NC(C)=C(C(=O)O)C2c3cc(Cl)ccc3CC12C(=O)O. The zero-order valence-corrected chi connectivity index (χ0v) is 14.4. The van der Waals surface area contributed by atoms with Crippen LogP contribution in [-0.4, -0.2) is 22.2 Å². The van der Waals surface area contributed by atoms with Gasteiger partial charge >= 0.3 is 11.9 Å². The molecule has 0 saturated heterocycles. The average Bonchev–Trinajstić information content (AvgIpc) is 2.81. The summed E-state index contributed by atoms with van der Waals surface area (Å²) in [6, 6.07) is 5.19. The molecule has 0 bridgehead atoms. The third-order valence-electron chi connectivity index (χ3n) is 4.94. The van der Waals surface area contributed by atoms with E-state index < -0.39 is 23.3 Å². The zero-order chi connectivity index (χ0) is 17.8. The molecule has 1 aromatic rings. The fraction of sp³-hybridized carbons (Fsp3) is 0.333. The summed E-state index contributed by atoms with van der Waals surface area (Å²) in [5, 5.41) is 23.4. The van der Waals surface area contributed by atoms with Crippen molar-refractivity contribution in [2.75, 3.05) is 0 Å². The maximum atomic E-state index is 12.4. The van der Waals surface area contributed by atoms with Gasteiger partial charge in [-0.25, -0.2) is 4.79 Å². The molecule has 5 nitrogen and oxygen atoms in total. The van der Waals surface area contributed by atoms with E-state index in [2.05, 4.69) is 5.32 Å². The number of carboxylic acids is 2. The maximum Gasteiger partial charge on any atom is 0.334 e. The van der Waals surface area contributed by atoms with E-state index >= 15 is 0 Å². The largest absolute Gasteiger partial charge is 0.480 e. The normalized spacial score (nSPS) is 25.0. The first-order valence-corrected chi connectivity index (χ1v) is 7.98. The van der Waals surface area contributed by atoms with Gasteiger partial charge in [0.25, 0.3) is 0 Å². The van der Waals surface area contributed by atoms with Crippen LogP contribution in [0.25, 0.3) is 0 Å². The Labute approximate surface area is 144 Å². The Morgan fingerprint density at radius 1 is 1.29 bits per heavy atom. The second-order valence-corrected chi connectivity index (χ2v) is 7.01. The van der Waals surface area contributed by atoms with Crippen LogP contribution in [0.3, 0.4) is 0 Å². The van der Waals surface area contributed by atoms with E-state index in [9.17, 15) is 19.8 Å². The van der Waals surface area contributed by atoms with Crippen molar-refractivity contribution in [3.05, 3.63) is 56.9 Å². The van der Waals surface area contributed by atoms with Crippen LogP contribution < -0.4 is 5.32 Å². The molecular formula is C18H18ClNO4. The highest BCUT2D eigenvalue weighted by molar-refractivity contribution is 6.30. The number of hydrogen-bond acceptors (Lipinski definition) is 3. The van der Waals surface area contributed by atoms with E-state index in [0.717, 1.165) is 11.1 Å². The molecule has 0 fully saturated rings. The molecule has 0 saturated carbocycles. The molecule has 2 unspecified atom stereocenters. The first kappa shape index (κ1) is 16.6. The molecule has 126 valence electrons. The van der Waals surface area contributed by atoms with Crippen molar-refractivity contribution in [1.82, 2.24) is 5.32 Å². The summed E-state index contributed by atoms with van der Waals surface area (Å²) in [6.45, 7) is 5.33. The van der Waals surface area contributed by atoms with E-state index in [1.807, 2.05) is 13.8 Å². The molecule has 3 N–H and O–H groups in total. The number of aliphatic carboxylic acids is 2. The first-order valence-electron chi connectivity index (χ1n) is 7.61. The number of carboxylic acid groups (broad SMARTS) is 2. The molecule has 1 aliphatic carbocycles. The number of halogens is 1. The van der Waals surface area contributed by atoms with Gasteiger partial charge in [-0.3, -0.25) is 4.79 Å². The Balaban J connectivity index is 2.41. The number of nitrogens with one attached hydrogen (secondary N) is 1. The van der Waals surface area contributed by atoms with Crippen molar-refractivity contribution in [2.45, 2.75) is 33.1 Å². The van der Waals surface area contributed by atoms with Gasteiger partial charge in [0.15, 0.2) is 0 Å². The maximum absolute atomic E-state index is 12.4. The smallest absolute Gasteiger partial charge is 0.334 e. The molecule has 2 aliphatic rings. The quantitative estimate of drug-likeness (QED) is 0.764. The highest BCUT2D eigenvalue weighted by atomic mass is 35.5. The van der Waals surface area contributed by atoms with Gasteiger partial charge in [-0.05, 0) is 50.5 Å². The van der Waals surface area contributed by atoms with Gasteiger partial charge in [0, 0.05) is 22.3 Å². The third-order valence-corrected chi connectivity index (χ3v) is 5.18. The van der Waals surface area contributed by atoms with Gasteiger partial charge in [0.05, 0.1) is 5.57 Å². The monoisotopic (exact) mass is 347 g/mol. The lowest BCUT2D eigenvalue weighted by Gasteiger charge is -2.41. The number of rotatable bonds is 2. The van der Waals surface area contributed by atoms with E-state index in [-0.39, 0.29) is 12.0 Å². The molecular weight excluding hydrogens is 330 g/mol. The molecule has 0 radical (unpaired) electrons. The lowest BCUT2D eigenvalue weighted by molar-refractivity contribution is -0.147. The lowest BCUT2D eigenvalue weighted by Crippen LogP contribution is -2.48. The van der Waals surface area contributed by atoms with Gasteiger partial charge in [-0.1, -0.05) is 23.2 Å². The van der Waals surface area contributed by atoms with E-state index in [0.29, 0.717) is 22.0 Å². The molecule has 0 amide bonds. The summed E-state index contributed by atoms with van der Waals surface area (Å²) in [5.41, 5.74) is 2.10. The van der Waals surface area contributed by atoms with Gasteiger partial charge in [-0.15, -0.1) is 0 Å². The van der Waals surface area contributed by atoms with Crippen LogP contribution in [0.4, 0.5) is 0 Å². The van der Waals surface area contributed by atoms with Crippen LogP contribution in [0.2, 0.25) is 5.02 Å². The van der Waals surface area contributed by atoms with E-state index in [1.54, 1.807) is 25.1 Å². The predicted molar refractivity (Wildman–Crippen MR) is 89.8 cm³/mol. The fourth-order valence-electron chi connectivity index (χ4n) is 4.04. The molecule has 1 heterocycles. The summed E-state index contributed by atoms with van der Waals surface area (Å²) in [7, 11) is 0. The molecule has 3 rings (SSSR count). The summed E-state index contributed by atoms with van der Waals surface area (Å²) in [6.07, 6.45) is 0.233. The van der Waals surface area contributed by atoms with Crippen molar-refractivity contribution >= 4 is 23.5 Å². The number of allylic oxidation sites excluding steroid dienone is 2. The van der Waals surface area contributed by atoms with E-state index in [4.69, 9.17) is 11.6 Å². The third kappa shape index (κ3) is 2.08. The lowest BCUT2D eigenvalue weighted by atomic mass is 9.66. The van der Waals surface area contributed by atoms with E-state index in [1.165, 1.54) is 0 Å². The predicted octanol–water partition coefficient (Wildman–Crippen LogP) is 3.31. The van der Waals surface area contributed by atoms with Crippen molar-refractivity contribution in [3.63, 3.8) is 0 Å². The summed E-state index contributed by atoms with van der Waals surface area (Å²) in [5.74, 6) is -2.92. The average molecular weight is 348 g/mol. The zero-order valence-electron chi connectivity index (χ0n) is 13.6. The summed E-state index contributed by atoms with van der Waals surface area (Å²) in [4.78, 5) is 24.3. The van der Waals surface area contributed by atoms with Gasteiger partial charge in [0.1, 0.15) is 5.41 Å². The molecule has 1 aromatic carbocycles. The molecule has 0 spiro atoms. The minimum absolute atomic E-state index is 0.0865. The minimum Gasteiger partial charge on any atom is -0.480 e. The Kier molecular flexibility index (Phi) is 3.72. The summed E-state index contributed by atoms with van der Waals surface area (Å²) >= 11 is 6.10. The standard InChI is InChI=1S/C18H18ClNO4/c1-8(2)15-18(17(23)24)7-10-4-5-11(19)6-12(10)14(18)13(16(21)22)9(3)20-15/h4-6,14,20H,7H2,1-3H3,(H,21,22)(H,23,24). The molecule has 0 aromatic heterocycles. The topological polar surface area (TPSA) is 86.6 Å². The van der Waals surface area contributed by atoms with Crippen LogP contribution in [0, 0.1) is 5.41 Å². The Morgan fingerprint density at radius 2 is 1.96 bits per heavy atom. The second kappa shape index (κ2) is 5.38. The van der Waals surface area contributed by atoms with Crippen molar-refractivity contribution < 1.29 is 19.8 Å². The van der Waals surface area contributed by atoms with Crippen LogP contribution in [0.5, 0.6) is 0 Å². The molecule has 24 heavy (non-hydrogen) atoms. The first-order chi connectivity index (χ1) is 11.2. The Morgan fingerprint density at radius 3 is 2.50 bits per heavy atom. The van der Waals surface area contributed by atoms with Crippen LogP contribution in [0.15, 0.2) is 40.7 Å². The number of carbonyl (C=O) groups is 2. The summed E-state index contributed by atoms with van der Waals surface area (Å²) < 4.78 is 0. The molecule has 6 heteroatoms. The highest BCUT2D eigenvalue weighted by Gasteiger charge is 2.59. The van der Waals surface area contributed by atoms with Gasteiger partial charge < -0.3 is 15.5 Å². The number of benzene rings is 1. The second-order valence-electron chi connectivity index (χ2n) is 6.57. The van der Waals surface area contributed by atoms with Gasteiger partial charge in [-0.2, -0.15) is 0 Å². The van der Waals surface area contributed by atoms with Gasteiger partial charge in [0.2, 0.25) is 0 Å². The minimum atomic E-state index is -1.35. The van der Waals surface area contributed by atoms with Crippen molar-refractivity contribution in [2.24, 2.45) is 5.41 Å². The van der Waals surface area contributed by atoms with Crippen molar-refractivity contribution in [1.29, 1.82) is 0 Å². The Bertz CT molecular complexity index is 835. The van der Waals surface area contributed by atoms with Crippen LogP contribution in [0.1, 0.15) is 37.8 Å². The highest BCUT2D eigenvalue weighted by Crippen LogP contribution is 2.58. The number of fused-ring (bicyclic) bond motifs is 3. The Hall–Kier alpha value is -2.27. The van der Waals surface area contributed by atoms with Crippen LogP contribution >= 0.6 is 11.6 Å². The molecule has 1 aliphatic heterocycles. The fourth-order valence-corrected chi connectivity index (χ4v) is 4.22. The molecule has 2 atom stereocenters. The van der Waals surface area contributed by atoms with Crippen molar-refractivity contribution in [3.8, 4) is 0 Å². The number of hydrogen-bond donors (Lipinski definition) is 3. The van der Waals surface area contributed by atoms with Crippen LogP contribution in [-0.2, 0) is 16.0 Å².